The Balaban J connectivity index is 0.000000150. The van der Waals surface area contributed by atoms with Crippen molar-refractivity contribution in [1.82, 2.24) is 79.5 Å². The number of carboxylic acids is 2. The van der Waals surface area contributed by atoms with Gasteiger partial charge in [-0.1, -0.05) is 94.9 Å². The molecule has 0 bridgehead atoms. The zero-order valence-corrected chi connectivity index (χ0v) is 47.0. The van der Waals surface area contributed by atoms with E-state index in [0.717, 1.165) is 73.4 Å². The summed E-state index contributed by atoms with van der Waals surface area (Å²) in [4.78, 5) is 64.1. The van der Waals surface area contributed by atoms with Crippen LogP contribution in [0.2, 0.25) is 20.1 Å². The number of aliphatic carboxylic acids is 2. The van der Waals surface area contributed by atoms with E-state index in [4.69, 9.17) is 56.6 Å². The Morgan fingerprint density at radius 1 is 0.402 bits per heavy atom. The van der Waals surface area contributed by atoms with E-state index in [1.54, 1.807) is 95.5 Å². The molecule has 4 aliphatic rings. The lowest BCUT2D eigenvalue weighted by molar-refractivity contribution is -0.132. The summed E-state index contributed by atoms with van der Waals surface area (Å²) in [5, 5.41) is 42.4. The second-order valence-corrected chi connectivity index (χ2v) is 19.5. The van der Waals surface area contributed by atoms with Crippen molar-refractivity contribution in [2.75, 3.05) is 52.4 Å². The summed E-state index contributed by atoms with van der Waals surface area (Å²) >= 11 is 23.6. The molecule has 4 aromatic carbocycles. The van der Waals surface area contributed by atoms with Gasteiger partial charge >= 0.3 is 11.9 Å². The van der Waals surface area contributed by atoms with Crippen LogP contribution in [-0.2, 0) is 19.2 Å². The first kappa shape index (κ1) is 61.0. The number of halogens is 4. The minimum Gasteiger partial charge on any atom is -0.478 e. The van der Waals surface area contributed by atoms with Crippen LogP contribution in [0.4, 0.5) is 0 Å². The molecule has 82 heavy (non-hydrogen) atoms. The number of rotatable bonds is 12. The molecule has 4 aliphatic heterocycles. The third-order valence-corrected chi connectivity index (χ3v) is 12.5. The fraction of sp³-hybridized carbons (Fsp3) is 0.214. The van der Waals surface area contributed by atoms with Gasteiger partial charge in [0.15, 0.2) is 23.3 Å². The molecular formula is C56H56Cl4N16O6. The van der Waals surface area contributed by atoms with Crippen molar-refractivity contribution in [2.45, 2.75) is 25.7 Å². The van der Waals surface area contributed by atoms with Crippen LogP contribution < -0.4 is 10.6 Å². The highest BCUT2D eigenvalue weighted by atomic mass is 35.5. The third-order valence-electron chi connectivity index (χ3n) is 11.6. The van der Waals surface area contributed by atoms with Crippen LogP contribution in [-0.4, -0.2) is 155 Å². The van der Waals surface area contributed by atoms with E-state index in [2.05, 4.69) is 51.0 Å². The maximum Gasteiger partial charge on any atom is 0.329 e. The quantitative estimate of drug-likeness (QED) is 0.0832. The van der Waals surface area contributed by atoms with E-state index >= 15 is 0 Å². The normalized spacial score (nSPS) is 14.0. The van der Waals surface area contributed by atoms with Crippen molar-refractivity contribution in [3.8, 4) is 45.6 Å². The van der Waals surface area contributed by atoms with Crippen LogP contribution in [0.15, 0.2) is 147 Å². The molecule has 0 spiro atoms. The molecule has 0 unspecified atom stereocenters. The van der Waals surface area contributed by atoms with Crippen molar-refractivity contribution < 1.29 is 29.4 Å². The second-order valence-electron chi connectivity index (χ2n) is 17.7. The highest BCUT2D eigenvalue weighted by Crippen LogP contribution is 2.22. The Morgan fingerprint density at radius 2 is 0.646 bits per heavy atom. The lowest BCUT2D eigenvalue weighted by Crippen LogP contribution is -2.41. The molecule has 424 valence electrons. The summed E-state index contributed by atoms with van der Waals surface area (Å²) < 4.78 is 5.69. The van der Waals surface area contributed by atoms with Crippen molar-refractivity contribution in [1.29, 1.82) is 0 Å². The molecule has 0 atom stereocenters. The number of aromatic nitrogens is 12. The van der Waals surface area contributed by atoms with Gasteiger partial charge < -0.3 is 30.6 Å². The molecule has 0 radical (unpaired) electrons. The average Bonchev–Trinajstić information content (AvgIpc) is 4.36. The largest absolute Gasteiger partial charge is 0.478 e. The molecule has 2 amide bonds. The van der Waals surface area contributed by atoms with Crippen LogP contribution in [0.1, 0.15) is 25.7 Å². The minimum absolute atomic E-state index is 0.0102. The molecule has 8 aromatic rings. The van der Waals surface area contributed by atoms with Crippen LogP contribution in [0.5, 0.6) is 0 Å². The van der Waals surface area contributed by atoms with Gasteiger partial charge in [0, 0.05) is 118 Å². The number of hydrogen-bond donors (Lipinski definition) is 4. The molecule has 22 nitrogen and oxygen atoms in total. The molecule has 12 rings (SSSR count). The number of nitrogens with zero attached hydrogens (tertiary/aromatic N) is 14. The highest BCUT2D eigenvalue weighted by molar-refractivity contribution is 6.31. The van der Waals surface area contributed by atoms with E-state index < -0.39 is 11.9 Å². The molecular weight excluding hydrogens is 1130 g/mol. The standard InChI is InChI=1S/2C14H13ClN4O.2C11H8ClN3O2.2C3H7N/c2*15-12-4-1-3-11(9-12)14-16-10-19(17-14)8-5-13(20)18-6-2-7-18;2*12-9-3-1-2-8(6-9)11-13-7-15(14-11)5-4-10(16)17;2*1-2-4-3-1/h2*1,3-5,8-10H,2,6-7H2;2*1-7H,(H,16,17);2*4H,1-3H2/b2*8-5-;2*5-4-;;. The van der Waals surface area contributed by atoms with Gasteiger partial charge in [-0.15, -0.1) is 20.4 Å². The molecule has 0 saturated carbocycles. The monoisotopic (exact) mass is 1190 g/mol. The van der Waals surface area contributed by atoms with E-state index in [-0.39, 0.29) is 11.8 Å². The first-order chi connectivity index (χ1) is 39.7. The third kappa shape index (κ3) is 20.5. The summed E-state index contributed by atoms with van der Waals surface area (Å²) in [6.45, 7) is 8.37. The van der Waals surface area contributed by atoms with Crippen molar-refractivity contribution in [3.05, 3.63) is 167 Å². The molecule has 4 saturated heterocycles. The molecule has 4 fully saturated rings. The van der Waals surface area contributed by atoms with E-state index in [9.17, 15) is 19.2 Å². The first-order valence-corrected chi connectivity index (χ1v) is 27.1. The zero-order chi connectivity index (χ0) is 58.1. The number of benzene rings is 4. The fourth-order valence-electron chi connectivity index (χ4n) is 6.62. The number of hydrogen-bond acceptors (Lipinski definition) is 14. The minimum atomic E-state index is -1.04. The topological polar surface area (TPSA) is 262 Å². The van der Waals surface area contributed by atoms with Crippen molar-refractivity contribution in [3.63, 3.8) is 0 Å². The second kappa shape index (κ2) is 32.0. The fourth-order valence-corrected chi connectivity index (χ4v) is 7.39. The summed E-state index contributed by atoms with van der Waals surface area (Å²) in [7, 11) is 0. The summed E-state index contributed by atoms with van der Waals surface area (Å²) in [5.74, 6) is 0.0777. The predicted molar refractivity (Wildman–Crippen MR) is 316 cm³/mol. The van der Waals surface area contributed by atoms with Gasteiger partial charge in [0.2, 0.25) is 11.8 Å². The summed E-state index contributed by atoms with van der Waals surface area (Å²) in [6, 6.07) is 28.9. The van der Waals surface area contributed by atoms with Crippen LogP contribution in [0, 0.1) is 0 Å². The van der Waals surface area contributed by atoms with Crippen molar-refractivity contribution >= 4 is 95.0 Å². The van der Waals surface area contributed by atoms with E-state index in [1.165, 1.54) is 95.0 Å². The zero-order valence-electron chi connectivity index (χ0n) is 44.0. The van der Waals surface area contributed by atoms with Gasteiger partial charge in [0.1, 0.15) is 25.3 Å². The van der Waals surface area contributed by atoms with Gasteiger partial charge in [0.25, 0.3) is 0 Å². The molecule has 4 N–H and O–H groups in total. The predicted octanol–water partition coefficient (Wildman–Crippen LogP) is 8.87. The van der Waals surface area contributed by atoms with E-state index in [1.807, 2.05) is 36.4 Å². The van der Waals surface area contributed by atoms with Gasteiger partial charge in [-0.3, -0.25) is 9.59 Å². The number of likely N-dealkylation sites (tertiary alicyclic amines) is 2. The SMILES string of the molecule is C1CNC1.C1CNC1.O=C(/C=C\n1cnc(-c2cccc(Cl)c2)n1)N1CCC1.O=C(/C=C\n1cnc(-c2cccc(Cl)c2)n1)N1CCC1.O=C(O)/C=C\n1cnc(-c2cccc(Cl)c2)n1.O=C(O)/C=C\n1cnc(-c2cccc(Cl)c2)n1. The van der Waals surface area contributed by atoms with Crippen LogP contribution >= 0.6 is 46.4 Å². The molecule has 8 heterocycles. The molecule has 4 aromatic heterocycles. The Hall–Kier alpha value is -8.64. The Bertz CT molecular complexity index is 3270. The molecule has 26 heteroatoms. The Kier molecular flexibility index (Phi) is 23.8. The first-order valence-electron chi connectivity index (χ1n) is 25.6. The number of amides is 2. The maximum absolute atomic E-state index is 11.7. The number of carboxylic acid groups (broad SMARTS) is 2. The highest BCUT2D eigenvalue weighted by Gasteiger charge is 2.19. The number of carbonyl (C=O) groups is 4. The lowest BCUT2D eigenvalue weighted by Gasteiger charge is -2.29. The Morgan fingerprint density at radius 3 is 0.841 bits per heavy atom. The van der Waals surface area contributed by atoms with Gasteiger partial charge in [-0.05, 0) is 100 Å². The average molecular weight is 1190 g/mol. The smallest absolute Gasteiger partial charge is 0.329 e. The molecule has 0 aliphatic carbocycles. The number of nitrogens with one attached hydrogen (secondary N) is 2. The lowest BCUT2D eigenvalue weighted by atomic mass is 10.2. The van der Waals surface area contributed by atoms with Crippen LogP contribution in [0.3, 0.4) is 0 Å². The summed E-state index contributed by atoms with van der Waals surface area (Å²) in [6.07, 6.45) is 21.8. The van der Waals surface area contributed by atoms with E-state index in [0.29, 0.717) is 43.4 Å². The van der Waals surface area contributed by atoms with Gasteiger partial charge in [-0.2, -0.15) is 0 Å². The summed E-state index contributed by atoms with van der Waals surface area (Å²) in [5.41, 5.74) is 3.25. The van der Waals surface area contributed by atoms with Crippen molar-refractivity contribution in [2.24, 2.45) is 0 Å². The maximum atomic E-state index is 11.7. The Labute approximate surface area is 491 Å². The van der Waals surface area contributed by atoms with Gasteiger partial charge in [0.05, 0.1) is 0 Å². The number of carbonyl (C=O) groups excluding carboxylic acids is 2. The van der Waals surface area contributed by atoms with Gasteiger partial charge in [-0.25, -0.2) is 48.3 Å². The van der Waals surface area contributed by atoms with Crippen LogP contribution in [0.25, 0.3) is 70.4 Å².